The molecule has 0 saturated heterocycles. The molecule has 2 heterocycles. The van der Waals surface area contributed by atoms with Crippen molar-refractivity contribution in [2.24, 2.45) is 0 Å². The zero-order valence-electron chi connectivity index (χ0n) is 11.4. The van der Waals surface area contributed by atoms with Crippen molar-refractivity contribution in [1.29, 1.82) is 0 Å². The van der Waals surface area contributed by atoms with Gasteiger partial charge in [-0.25, -0.2) is 4.98 Å². The fourth-order valence-electron chi connectivity index (χ4n) is 1.76. The minimum Gasteiger partial charge on any atom is -0.342 e. The van der Waals surface area contributed by atoms with Crippen molar-refractivity contribution in [3.8, 4) is 0 Å². The summed E-state index contributed by atoms with van der Waals surface area (Å²) in [5.41, 5.74) is 0. The standard InChI is InChI=1S/C13H18N4OS/c1-4-5-11-15-12(17-16-11)13(18)14-9(3)10-7-6-8(2)19-10/h6-7,9H,4-5H2,1-3H3,(H,14,18)(H,15,16,17). The molecule has 0 aromatic carbocycles. The van der Waals surface area contributed by atoms with Crippen molar-refractivity contribution in [3.05, 3.63) is 33.5 Å². The summed E-state index contributed by atoms with van der Waals surface area (Å²) in [5, 5.41) is 9.63. The lowest BCUT2D eigenvalue weighted by Crippen LogP contribution is -2.27. The third-order valence-corrected chi connectivity index (χ3v) is 3.94. The maximum Gasteiger partial charge on any atom is 0.291 e. The Bertz CT molecular complexity index is 560. The summed E-state index contributed by atoms with van der Waals surface area (Å²) < 4.78 is 0. The molecule has 6 heteroatoms. The molecule has 2 aromatic heterocycles. The summed E-state index contributed by atoms with van der Waals surface area (Å²) in [7, 11) is 0. The van der Waals surface area contributed by atoms with Crippen molar-refractivity contribution < 1.29 is 4.79 Å². The summed E-state index contributed by atoms with van der Waals surface area (Å²) in [5.74, 6) is 0.730. The Morgan fingerprint density at radius 2 is 2.32 bits per heavy atom. The number of carbonyl (C=O) groups is 1. The Hall–Kier alpha value is -1.69. The average Bonchev–Trinajstić information content (AvgIpc) is 2.98. The van der Waals surface area contributed by atoms with E-state index in [-0.39, 0.29) is 17.8 Å². The predicted molar refractivity (Wildman–Crippen MR) is 75.3 cm³/mol. The Kier molecular flexibility index (Phi) is 4.31. The van der Waals surface area contributed by atoms with Crippen LogP contribution in [0.5, 0.6) is 0 Å². The van der Waals surface area contributed by atoms with Gasteiger partial charge < -0.3 is 5.32 Å². The van der Waals surface area contributed by atoms with Crippen molar-refractivity contribution in [1.82, 2.24) is 20.5 Å². The van der Waals surface area contributed by atoms with Gasteiger partial charge >= 0.3 is 0 Å². The van der Waals surface area contributed by atoms with E-state index in [2.05, 4.69) is 40.4 Å². The third kappa shape index (κ3) is 3.41. The maximum absolute atomic E-state index is 12.0. The van der Waals surface area contributed by atoms with Crippen molar-refractivity contribution in [2.45, 2.75) is 39.7 Å². The highest BCUT2D eigenvalue weighted by Gasteiger charge is 2.16. The lowest BCUT2D eigenvalue weighted by atomic mass is 10.2. The second kappa shape index (κ2) is 5.97. The van der Waals surface area contributed by atoms with E-state index in [1.165, 1.54) is 4.88 Å². The number of hydrogen-bond acceptors (Lipinski definition) is 4. The monoisotopic (exact) mass is 278 g/mol. The summed E-state index contributed by atoms with van der Waals surface area (Å²) in [4.78, 5) is 18.5. The van der Waals surface area contributed by atoms with Gasteiger partial charge in [-0.3, -0.25) is 9.89 Å². The molecule has 1 atom stereocenters. The zero-order valence-corrected chi connectivity index (χ0v) is 12.2. The molecular weight excluding hydrogens is 260 g/mol. The van der Waals surface area contributed by atoms with Crippen molar-refractivity contribution in [2.75, 3.05) is 0 Å². The second-order valence-corrected chi connectivity index (χ2v) is 5.82. The minimum atomic E-state index is -0.239. The second-order valence-electron chi connectivity index (χ2n) is 4.50. The van der Waals surface area contributed by atoms with Gasteiger partial charge in [0.25, 0.3) is 5.91 Å². The van der Waals surface area contributed by atoms with Crippen LogP contribution in [-0.4, -0.2) is 21.1 Å². The summed E-state index contributed by atoms with van der Waals surface area (Å²) in [6, 6.07) is 4.06. The smallest absolute Gasteiger partial charge is 0.291 e. The first-order valence-electron chi connectivity index (χ1n) is 6.38. The number of aromatic amines is 1. The molecular formula is C13H18N4OS. The number of rotatable bonds is 5. The van der Waals surface area contributed by atoms with Gasteiger partial charge in [-0.05, 0) is 32.4 Å². The first-order chi connectivity index (χ1) is 9.10. The molecule has 19 heavy (non-hydrogen) atoms. The van der Waals surface area contributed by atoms with Gasteiger partial charge in [0, 0.05) is 16.2 Å². The molecule has 2 rings (SSSR count). The highest BCUT2D eigenvalue weighted by molar-refractivity contribution is 7.12. The van der Waals surface area contributed by atoms with Gasteiger partial charge in [0.15, 0.2) is 0 Å². The van der Waals surface area contributed by atoms with Crippen LogP contribution in [0.25, 0.3) is 0 Å². The van der Waals surface area contributed by atoms with E-state index in [9.17, 15) is 4.79 Å². The Morgan fingerprint density at radius 1 is 1.53 bits per heavy atom. The molecule has 0 aliphatic carbocycles. The van der Waals surface area contributed by atoms with Gasteiger partial charge in [-0.15, -0.1) is 16.4 Å². The fraction of sp³-hybridized carbons (Fsp3) is 0.462. The summed E-state index contributed by atoms with van der Waals surface area (Å²) >= 11 is 1.68. The van der Waals surface area contributed by atoms with Crippen LogP contribution < -0.4 is 5.32 Å². The molecule has 1 amide bonds. The van der Waals surface area contributed by atoms with Gasteiger partial charge in [-0.2, -0.15) is 0 Å². The van der Waals surface area contributed by atoms with Gasteiger partial charge in [0.1, 0.15) is 5.82 Å². The lowest BCUT2D eigenvalue weighted by Gasteiger charge is -2.10. The normalized spacial score (nSPS) is 12.4. The molecule has 0 aliphatic rings. The van der Waals surface area contributed by atoms with Gasteiger partial charge in [-0.1, -0.05) is 6.92 Å². The van der Waals surface area contributed by atoms with E-state index in [4.69, 9.17) is 0 Å². The van der Waals surface area contributed by atoms with Crippen LogP contribution in [0.3, 0.4) is 0 Å². The van der Waals surface area contributed by atoms with E-state index in [0.717, 1.165) is 23.5 Å². The largest absolute Gasteiger partial charge is 0.342 e. The molecule has 0 radical (unpaired) electrons. The predicted octanol–water partition coefficient (Wildman–Crippen LogP) is 2.62. The zero-order chi connectivity index (χ0) is 13.8. The van der Waals surface area contributed by atoms with Crippen LogP contribution >= 0.6 is 11.3 Å². The number of amides is 1. The number of carbonyl (C=O) groups excluding carboxylic acids is 1. The van der Waals surface area contributed by atoms with Crippen molar-refractivity contribution in [3.63, 3.8) is 0 Å². The summed E-state index contributed by atoms with van der Waals surface area (Å²) in [6.07, 6.45) is 1.78. The lowest BCUT2D eigenvalue weighted by molar-refractivity contribution is 0.0930. The molecule has 1 unspecified atom stereocenters. The number of nitrogens with one attached hydrogen (secondary N) is 2. The molecule has 0 spiro atoms. The molecule has 2 aromatic rings. The van der Waals surface area contributed by atoms with Gasteiger partial charge in [0.2, 0.25) is 5.82 Å². The van der Waals surface area contributed by atoms with Crippen LogP contribution in [-0.2, 0) is 6.42 Å². The van der Waals surface area contributed by atoms with E-state index in [1.807, 2.05) is 13.0 Å². The average molecular weight is 278 g/mol. The SMILES string of the molecule is CCCc1nc(C(=O)NC(C)c2ccc(C)s2)n[nH]1. The van der Waals surface area contributed by atoms with Crippen LogP contribution in [0.15, 0.2) is 12.1 Å². The van der Waals surface area contributed by atoms with Crippen LogP contribution in [0.4, 0.5) is 0 Å². The van der Waals surface area contributed by atoms with E-state index < -0.39 is 0 Å². The van der Waals surface area contributed by atoms with Gasteiger partial charge in [0.05, 0.1) is 6.04 Å². The number of H-pyrrole nitrogens is 1. The van der Waals surface area contributed by atoms with Crippen LogP contribution in [0, 0.1) is 6.92 Å². The topological polar surface area (TPSA) is 70.7 Å². The molecule has 0 saturated carbocycles. The quantitative estimate of drug-likeness (QED) is 0.883. The Labute approximate surface area is 116 Å². The molecule has 0 bridgehead atoms. The highest BCUT2D eigenvalue weighted by atomic mass is 32.1. The first kappa shape index (κ1) is 13.7. The molecule has 102 valence electrons. The van der Waals surface area contributed by atoms with E-state index in [0.29, 0.717) is 0 Å². The summed E-state index contributed by atoms with van der Waals surface area (Å²) in [6.45, 7) is 6.07. The fourth-order valence-corrected chi connectivity index (χ4v) is 2.64. The van der Waals surface area contributed by atoms with Crippen LogP contribution in [0.2, 0.25) is 0 Å². The van der Waals surface area contributed by atoms with Crippen molar-refractivity contribution >= 4 is 17.2 Å². The van der Waals surface area contributed by atoms with E-state index >= 15 is 0 Å². The maximum atomic E-state index is 12.0. The third-order valence-electron chi connectivity index (χ3n) is 2.76. The number of thiophene rings is 1. The molecule has 5 nitrogen and oxygen atoms in total. The Morgan fingerprint density at radius 3 is 2.95 bits per heavy atom. The Balaban J connectivity index is 1.99. The number of aromatic nitrogens is 3. The molecule has 0 fully saturated rings. The highest BCUT2D eigenvalue weighted by Crippen LogP contribution is 2.22. The van der Waals surface area contributed by atoms with E-state index in [1.54, 1.807) is 11.3 Å². The molecule has 2 N–H and O–H groups in total. The minimum absolute atomic E-state index is 0.0284. The molecule has 0 aliphatic heterocycles. The number of aryl methyl sites for hydroxylation is 2. The number of hydrogen-bond donors (Lipinski definition) is 2. The first-order valence-corrected chi connectivity index (χ1v) is 7.20. The van der Waals surface area contributed by atoms with Crippen LogP contribution in [0.1, 0.15) is 52.5 Å². The number of nitrogens with zero attached hydrogens (tertiary/aromatic N) is 2.